The zero-order chi connectivity index (χ0) is 12.4. The Labute approximate surface area is 112 Å². The highest BCUT2D eigenvalue weighted by Crippen LogP contribution is 2.26. The van der Waals surface area contributed by atoms with Crippen LogP contribution in [0.3, 0.4) is 0 Å². The second-order valence-corrected chi connectivity index (χ2v) is 5.07. The quantitative estimate of drug-likeness (QED) is 0.802. The van der Waals surface area contributed by atoms with Crippen LogP contribution in [0.25, 0.3) is 0 Å². The predicted molar refractivity (Wildman–Crippen MR) is 70.1 cm³/mol. The summed E-state index contributed by atoms with van der Waals surface area (Å²) in [5.41, 5.74) is 0. The number of ether oxygens (including phenoxy) is 1. The van der Waals surface area contributed by atoms with Crippen LogP contribution in [0, 0.1) is 0 Å². The molecule has 1 unspecified atom stereocenters. The van der Waals surface area contributed by atoms with E-state index in [-0.39, 0.29) is 0 Å². The summed E-state index contributed by atoms with van der Waals surface area (Å²) in [6, 6.07) is 0.590. The Hall–Kier alpha value is -0.910. The fraction of sp³-hybridized carbons (Fsp3) is 0.667. The summed E-state index contributed by atoms with van der Waals surface area (Å²) in [5, 5.41) is 0.500. The molecule has 1 atom stereocenters. The van der Waals surface area contributed by atoms with E-state index < -0.39 is 0 Å². The molecule has 3 heterocycles. The molecule has 0 spiro atoms. The van der Waals surface area contributed by atoms with Crippen molar-refractivity contribution in [3.63, 3.8) is 0 Å². The molecule has 2 fully saturated rings. The number of halogens is 1. The van der Waals surface area contributed by atoms with Crippen LogP contribution in [0.4, 0.5) is 5.82 Å². The lowest BCUT2D eigenvalue weighted by molar-refractivity contribution is 0.0209. The van der Waals surface area contributed by atoms with Gasteiger partial charge in [-0.1, -0.05) is 11.6 Å². The van der Waals surface area contributed by atoms with Crippen molar-refractivity contribution in [3.05, 3.63) is 17.5 Å². The van der Waals surface area contributed by atoms with Gasteiger partial charge in [-0.2, -0.15) is 0 Å². The van der Waals surface area contributed by atoms with E-state index in [4.69, 9.17) is 16.3 Å². The molecule has 2 aliphatic rings. The maximum absolute atomic E-state index is 6.09. The first-order valence-corrected chi connectivity index (χ1v) is 6.75. The third kappa shape index (κ3) is 2.43. The Kier molecular flexibility index (Phi) is 3.63. The van der Waals surface area contributed by atoms with Crippen LogP contribution in [-0.4, -0.2) is 60.3 Å². The van der Waals surface area contributed by atoms with Crippen molar-refractivity contribution < 1.29 is 4.74 Å². The third-order valence-corrected chi connectivity index (χ3v) is 3.93. The van der Waals surface area contributed by atoms with Crippen LogP contribution in [0.1, 0.15) is 6.42 Å². The number of rotatable bonds is 2. The Balaban J connectivity index is 1.66. The highest BCUT2D eigenvalue weighted by molar-refractivity contribution is 6.31. The molecule has 0 aromatic carbocycles. The highest BCUT2D eigenvalue weighted by Gasteiger charge is 2.30. The Bertz CT molecular complexity index is 411. The molecule has 0 saturated carbocycles. The summed E-state index contributed by atoms with van der Waals surface area (Å²) in [5.74, 6) is 0.815. The second-order valence-electron chi connectivity index (χ2n) is 4.71. The number of morpholine rings is 1. The largest absolute Gasteiger partial charge is 0.379 e. The fourth-order valence-electron chi connectivity index (χ4n) is 2.70. The van der Waals surface area contributed by atoms with Crippen molar-refractivity contribution in [2.45, 2.75) is 12.5 Å². The minimum Gasteiger partial charge on any atom is -0.379 e. The molecule has 0 radical (unpaired) electrons. The van der Waals surface area contributed by atoms with E-state index in [0.717, 1.165) is 51.6 Å². The molecular formula is C12H17ClN4O. The molecule has 1 aromatic heterocycles. The van der Waals surface area contributed by atoms with E-state index in [1.54, 1.807) is 12.4 Å². The van der Waals surface area contributed by atoms with Crippen LogP contribution < -0.4 is 4.90 Å². The van der Waals surface area contributed by atoms with E-state index in [9.17, 15) is 0 Å². The van der Waals surface area contributed by atoms with Crippen LogP contribution in [0.15, 0.2) is 12.4 Å². The van der Waals surface area contributed by atoms with Gasteiger partial charge in [0.25, 0.3) is 0 Å². The molecule has 0 bridgehead atoms. The van der Waals surface area contributed by atoms with Crippen LogP contribution >= 0.6 is 11.6 Å². The van der Waals surface area contributed by atoms with Crippen LogP contribution in [0.2, 0.25) is 5.15 Å². The molecule has 0 aliphatic carbocycles. The molecule has 2 aliphatic heterocycles. The van der Waals surface area contributed by atoms with E-state index in [1.807, 2.05) is 0 Å². The fourth-order valence-corrected chi connectivity index (χ4v) is 2.93. The number of hydrogen-bond acceptors (Lipinski definition) is 5. The lowest BCUT2D eigenvalue weighted by Crippen LogP contribution is -2.44. The highest BCUT2D eigenvalue weighted by atomic mass is 35.5. The third-order valence-electron chi connectivity index (χ3n) is 3.66. The molecule has 0 amide bonds. The van der Waals surface area contributed by atoms with E-state index >= 15 is 0 Å². The van der Waals surface area contributed by atoms with Gasteiger partial charge in [0.15, 0.2) is 11.0 Å². The average molecular weight is 269 g/mol. The van der Waals surface area contributed by atoms with Gasteiger partial charge in [-0.3, -0.25) is 4.90 Å². The summed E-state index contributed by atoms with van der Waals surface area (Å²) in [6.45, 7) is 5.75. The number of anilines is 1. The first kappa shape index (κ1) is 12.1. The van der Waals surface area contributed by atoms with Gasteiger partial charge >= 0.3 is 0 Å². The molecule has 3 rings (SSSR count). The molecule has 1 aromatic rings. The summed E-state index contributed by atoms with van der Waals surface area (Å²) in [4.78, 5) is 13.2. The van der Waals surface area contributed by atoms with E-state index in [1.165, 1.54) is 0 Å². The summed E-state index contributed by atoms with van der Waals surface area (Å²) < 4.78 is 5.39. The summed E-state index contributed by atoms with van der Waals surface area (Å²) >= 11 is 6.09. The number of nitrogens with zero attached hydrogens (tertiary/aromatic N) is 4. The van der Waals surface area contributed by atoms with Crippen molar-refractivity contribution in [3.8, 4) is 0 Å². The predicted octanol–water partition coefficient (Wildman–Crippen LogP) is 1.04. The topological polar surface area (TPSA) is 41.5 Å². The first-order chi connectivity index (χ1) is 8.84. The minimum absolute atomic E-state index is 0.500. The molecule has 98 valence electrons. The Morgan fingerprint density at radius 3 is 2.72 bits per heavy atom. The normalized spacial score (nSPS) is 25.6. The molecule has 2 saturated heterocycles. The van der Waals surface area contributed by atoms with Gasteiger partial charge < -0.3 is 9.64 Å². The van der Waals surface area contributed by atoms with Crippen LogP contribution in [0.5, 0.6) is 0 Å². The van der Waals surface area contributed by atoms with Gasteiger partial charge in [0.2, 0.25) is 0 Å². The van der Waals surface area contributed by atoms with Crippen molar-refractivity contribution in [1.29, 1.82) is 0 Å². The van der Waals surface area contributed by atoms with E-state index in [0.29, 0.717) is 11.2 Å². The lowest BCUT2D eigenvalue weighted by Gasteiger charge is -2.32. The van der Waals surface area contributed by atoms with Gasteiger partial charge in [-0.05, 0) is 6.42 Å². The first-order valence-electron chi connectivity index (χ1n) is 6.38. The maximum Gasteiger partial charge on any atom is 0.171 e. The molecular weight excluding hydrogens is 252 g/mol. The van der Waals surface area contributed by atoms with Crippen molar-refractivity contribution in [2.75, 3.05) is 44.3 Å². The SMILES string of the molecule is Clc1nccnc1N1CCC(N2CCOCC2)C1. The number of aromatic nitrogens is 2. The zero-order valence-electron chi connectivity index (χ0n) is 10.3. The summed E-state index contributed by atoms with van der Waals surface area (Å²) in [7, 11) is 0. The van der Waals surface area contributed by atoms with Crippen molar-refractivity contribution in [2.24, 2.45) is 0 Å². The molecule has 18 heavy (non-hydrogen) atoms. The maximum atomic E-state index is 6.09. The van der Waals surface area contributed by atoms with Gasteiger partial charge in [0, 0.05) is 44.6 Å². The number of hydrogen-bond donors (Lipinski definition) is 0. The Morgan fingerprint density at radius 1 is 1.17 bits per heavy atom. The minimum atomic E-state index is 0.500. The van der Waals surface area contributed by atoms with Gasteiger partial charge in [0.1, 0.15) is 0 Å². The monoisotopic (exact) mass is 268 g/mol. The van der Waals surface area contributed by atoms with Crippen LogP contribution in [-0.2, 0) is 4.74 Å². The molecule has 0 N–H and O–H groups in total. The van der Waals surface area contributed by atoms with Gasteiger partial charge in [-0.15, -0.1) is 0 Å². The van der Waals surface area contributed by atoms with E-state index in [2.05, 4.69) is 19.8 Å². The Morgan fingerprint density at radius 2 is 1.94 bits per heavy atom. The average Bonchev–Trinajstić information content (AvgIpc) is 2.90. The van der Waals surface area contributed by atoms with Gasteiger partial charge in [-0.25, -0.2) is 9.97 Å². The van der Waals surface area contributed by atoms with Crippen molar-refractivity contribution in [1.82, 2.24) is 14.9 Å². The summed E-state index contributed by atoms with van der Waals surface area (Å²) in [6.07, 6.45) is 4.48. The molecule has 6 heteroatoms. The lowest BCUT2D eigenvalue weighted by atomic mass is 10.2. The zero-order valence-corrected chi connectivity index (χ0v) is 11.0. The van der Waals surface area contributed by atoms with Gasteiger partial charge in [0.05, 0.1) is 13.2 Å². The smallest absolute Gasteiger partial charge is 0.171 e. The second kappa shape index (κ2) is 5.38. The van der Waals surface area contributed by atoms with Crippen molar-refractivity contribution >= 4 is 17.4 Å². The molecule has 5 nitrogen and oxygen atoms in total. The standard InChI is InChI=1S/C12H17ClN4O/c13-11-12(15-3-2-14-11)17-4-1-10(9-17)16-5-7-18-8-6-16/h2-3,10H,1,4-9H2.